The fourth-order valence-corrected chi connectivity index (χ4v) is 1.96. The molecule has 0 radical (unpaired) electrons. The second-order valence-electron chi connectivity index (χ2n) is 4.32. The third kappa shape index (κ3) is 5.30. The maximum absolute atomic E-state index is 11.8. The lowest BCUT2D eigenvalue weighted by Gasteiger charge is -2.22. The van der Waals surface area contributed by atoms with Crippen molar-refractivity contribution in [2.75, 3.05) is 18.9 Å². The standard InChI is InChI=1S/C13H18N2O2.C2H6/c14-11-5-3-4-10(8-11)13(16)15-9-12-6-1-2-7-17-12;1-2/h3-5,8,12H,1-2,6-7,9,14H2,(H,15,16);1-2H3. The summed E-state index contributed by atoms with van der Waals surface area (Å²) in [7, 11) is 0. The van der Waals surface area contributed by atoms with E-state index in [-0.39, 0.29) is 12.0 Å². The zero-order valence-corrected chi connectivity index (χ0v) is 11.8. The summed E-state index contributed by atoms with van der Waals surface area (Å²) < 4.78 is 5.55. The number of ether oxygens (including phenoxy) is 1. The highest BCUT2D eigenvalue weighted by molar-refractivity contribution is 5.94. The number of hydrogen-bond acceptors (Lipinski definition) is 3. The first-order valence-corrected chi connectivity index (χ1v) is 7.01. The zero-order chi connectivity index (χ0) is 14.1. The lowest BCUT2D eigenvalue weighted by Crippen LogP contribution is -2.35. The maximum atomic E-state index is 11.8. The molecular weight excluding hydrogens is 240 g/mol. The van der Waals surface area contributed by atoms with E-state index in [0.717, 1.165) is 19.4 Å². The molecule has 1 aromatic carbocycles. The van der Waals surface area contributed by atoms with Gasteiger partial charge < -0.3 is 15.8 Å². The molecule has 1 amide bonds. The summed E-state index contributed by atoms with van der Waals surface area (Å²) in [6.07, 6.45) is 3.49. The Labute approximate surface area is 115 Å². The van der Waals surface area contributed by atoms with Gasteiger partial charge in [-0.05, 0) is 37.5 Å². The van der Waals surface area contributed by atoms with Crippen LogP contribution in [0.1, 0.15) is 43.5 Å². The van der Waals surface area contributed by atoms with E-state index < -0.39 is 0 Å². The SMILES string of the molecule is CC.Nc1cccc(C(=O)NCC2CCCCO2)c1. The Hall–Kier alpha value is -1.55. The van der Waals surface area contributed by atoms with Crippen molar-refractivity contribution in [1.82, 2.24) is 5.32 Å². The minimum Gasteiger partial charge on any atom is -0.399 e. The van der Waals surface area contributed by atoms with Crippen LogP contribution < -0.4 is 11.1 Å². The minimum atomic E-state index is -0.0912. The Kier molecular flexibility index (Phi) is 6.97. The highest BCUT2D eigenvalue weighted by Gasteiger charge is 2.15. The number of nitrogens with one attached hydrogen (secondary N) is 1. The average Bonchev–Trinajstić information content (AvgIpc) is 2.48. The van der Waals surface area contributed by atoms with Gasteiger partial charge in [0.15, 0.2) is 0 Å². The first-order chi connectivity index (χ1) is 9.25. The van der Waals surface area contributed by atoms with Gasteiger partial charge in [0.05, 0.1) is 6.10 Å². The quantitative estimate of drug-likeness (QED) is 0.825. The molecule has 0 saturated carbocycles. The van der Waals surface area contributed by atoms with Crippen molar-refractivity contribution >= 4 is 11.6 Å². The van der Waals surface area contributed by atoms with Crippen molar-refractivity contribution in [1.29, 1.82) is 0 Å². The molecule has 0 aliphatic carbocycles. The van der Waals surface area contributed by atoms with Gasteiger partial charge in [0.1, 0.15) is 0 Å². The Bertz CT molecular complexity index is 387. The summed E-state index contributed by atoms with van der Waals surface area (Å²) >= 11 is 0. The number of nitrogen functional groups attached to an aromatic ring is 1. The zero-order valence-electron chi connectivity index (χ0n) is 11.8. The molecule has 1 fully saturated rings. The molecule has 0 bridgehead atoms. The van der Waals surface area contributed by atoms with E-state index in [0.29, 0.717) is 17.8 Å². The van der Waals surface area contributed by atoms with E-state index >= 15 is 0 Å². The van der Waals surface area contributed by atoms with Gasteiger partial charge in [-0.3, -0.25) is 4.79 Å². The fourth-order valence-electron chi connectivity index (χ4n) is 1.96. The topological polar surface area (TPSA) is 64.4 Å². The molecule has 4 heteroatoms. The fraction of sp³-hybridized carbons (Fsp3) is 0.533. The van der Waals surface area contributed by atoms with Crippen LogP contribution in [0, 0.1) is 0 Å². The summed E-state index contributed by atoms with van der Waals surface area (Å²) in [6.45, 7) is 5.38. The number of nitrogens with two attached hydrogens (primary N) is 1. The number of rotatable bonds is 3. The lowest BCUT2D eigenvalue weighted by atomic mass is 10.1. The van der Waals surface area contributed by atoms with Gasteiger partial charge in [0.25, 0.3) is 5.91 Å². The van der Waals surface area contributed by atoms with Gasteiger partial charge in [0, 0.05) is 24.4 Å². The number of hydrogen-bond donors (Lipinski definition) is 2. The van der Waals surface area contributed by atoms with E-state index in [1.807, 2.05) is 13.8 Å². The van der Waals surface area contributed by atoms with Crippen LogP contribution in [0.4, 0.5) is 5.69 Å². The summed E-state index contributed by atoms with van der Waals surface area (Å²) in [5.41, 5.74) is 6.83. The highest BCUT2D eigenvalue weighted by Crippen LogP contribution is 2.12. The molecule has 0 spiro atoms. The smallest absolute Gasteiger partial charge is 0.251 e. The molecule has 1 atom stereocenters. The van der Waals surface area contributed by atoms with Crippen LogP contribution in [-0.2, 0) is 4.74 Å². The largest absolute Gasteiger partial charge is 0.399 e. The Morgan fingerprint density at radius 2 is 2.21 bits per heavy atom. The molecule has 19 heavy (non-hydrogen) atoms. The van der Waals surface area contributed by atoms with E-state index in [1.54, 1.807) is 24.3 Å². The summed E-state index contributed by atoms with van der Waals surface area (Å²) in [6, 6.07) is 6.98. The number of amides is 1. The molecule has 1 aliphatic rings. The van der Waals surface area contributed by atoms with Crippen LogP contribution in [0.15, 0.2) is 24.3 Å². The Morgan fingerprint density at radius 3 is 2.84 bits per heavy atom. The van der Waals surface area contributed by atoms with Crippen molar-refractivity contribution in [3.05, 3.63) is 29.8 Å². The van der Waals surface area contributed by atoms with Crippen molar-refractivity contribution in [3.8, 4) is 0 Å². The second kappa shape index (κ2) is 8.53. The Morgan fingerprint density at radius 1 is 1.42 bits per heavy atom. The second-order valence-corrected chi connectivity index (χ2v) is 4.32. The van der Waals surface area contributed by atoms with Crippen LogP contribution in [-0.4, -0.2) is 25.2 Å². The van der Waals surface area contributed by atoms with Gasteiger partial charge in [0.2, 0.25) is 0 Å². The molecule has 1 aliphatic heterocycles. The van der Waals surface area contributed by atoms with Gasteiger partial charge in [-0.2, -0.15) is 0 Å². The van der Waals surface area contributed by atoms with Crippen LogP contribution in [0.5, 0.6) is 0 Å². The molecular formula is C15H24N2O2. The van der Waals surface area contributed by atoms with Crippen LogP contribution in [0.25, 0.3) is 0 Å². The number of benzene rings is 1. The first kappa shape index (κ1) is 15.5. The molecule has 2 rings (SSSR count). The molecule has 1 saturated heterocycles. The van der Waals surface area contributed by atoms with Crippen molar-refractivity contribution in [2.45, 2.75) is 39.2 Å². The maximum Gasteiger partial charge on any atom is 0.251 e. The number of carbonyl (C=O) groups is 1. The van der Waals surface area contributed by atoms with E-state index in [9.17, 15) is 4.79 Å². The van der Waals surface area contributed by atoms with Crippen LogP contribution in [0.3, 0.4) is 0 Å². The number of carbonyl (C=O) groups excluding carboxylic acids is 1. The molecule has 1 aromatic rings. The molecule has 1 unspecified atom stereocenters. The third-order valence-corrected chi connectivity index (χ3v) is 2.91. The predicted molar refractivity (Wildman–Crippen MR) is 78.1 cm³/mol. The summed E-state index contributed by atoms with van der Waals surface area (Å²) in [4.78, 5) is 11.8. The van der Waals surface area contributed by atoms with Crippen LogP contribution in [0.2, 0.25) is 0 Å². The lowest BCUT2D eigenvalue weighted by molar-refractivity contribution is 0.0169. The van der Waals surface area contributed by atoms with Crippen molar-refractivity contribution in [3.63, 3.8) is 0 Å². The van der Waals surface area contributed by atoms with Crippen molar-refractivity contribution in [2.24, 2.45) is 0 Å². The summed E-state index contributed by atoms with van der Waals surface area (Å²) in [5.74, 6) is -0.0912. The monoisotopic (exact) mass is 264 g/mol. The van der Waals surface area contributed by atoms with Gasteiger partial charge >= 0.3 is 0 Å². The molecule has 0 aromatic heterocycles. The molecule has 3 N–H and O–H groups in total. The Balaban J connectivity index is 0.000000861. The van der Waals surface area contributed by atoms with Crippen molar-refractivity contribution < 1.29 is 9.53 Å². The van der Waals surface area contributed by atoms with E-state index in [4.69, 9.17) is 10.5 Å². The summed E-state index contributed by atoms with van der Waals surface area (Å²) in [5, 5.41) is 2.88. The van der Waals surface area contributed by atoms with E-state index in [1.165, 1.54) is 6.42 Å². The first-order valence-electron chi connectivity index (χ1n) is 7.01. The molecule has 1 heterocycles. The van der Waals surface area contributed by atoms with E-state index in [2.05, 4.69) is 5.32 Å². The normalized spacial score (nSPS) is 18.1. The highest BCUT2D eigenvalue weighted by atomic mass is 16.5. The van der Waals surface area contributed by atoms with Gasteiger partial charge in [-0.15, -0.1) is 0 Å². The third-order valence-electron chi connectivity index (χ3n) is 2.91. The van der Waals surface area contributed by atoms with Crippen LogP contribution >= 0.6 is 0 Å². The molecule has 106 valence electrons. The predicted octanol–water partition coefficient (Wildman–Crippen LogP) is 2.59. The average molecular weight is 264 g/mol. The van der Waals surface area contributed by atoms with Gasteiger partial charge in [-0.25, -0.2) is 0 Å². The minimum absolute atomic E-state index is 0.0912. The van der Waals surface area contributed by atoms with Gasteiger partial charge in [-0.1, -0.05) is 19.9 Å². The number of anilines is 1. The molecule has 4 nitrogen and oxygen atoms in total.